The summed E-state index contributed by atoms with van der Waals surface area (Å²) in [6, 6.07) is 10.4. The lowest BCUT2D eigenvalue weighted by molar-refractivity contribution is -0.121. The van der Waals surface area contributed by atoms with Gasteiger partial charge in [-0.25, -0.2) is 18.6 Å². The maximum atomic E-state index is 12.8. The smallest absolute Gasteiger partial charge is 0.336 e. The van der Waals surface area contributed by atoms with E-state index >= 15 is 0 Å². The molecule has 0 saturated carbocycles. The lowest BCUT2D eigenvalue weighted by Crippen LogP contribution is -2.36. The molecule has 0 heterocycles. The molecule has 0 bridgehead atoms. The molecule has 160 valence electrons. The molecular formula is C19H21N3O7S. The molecule has 0 aliphatic carbocycles. The van der Waals surface area contributed by atoms with E-state index < -0.39 is 28.4 Å². The summed E-state index contributed by atoms with van der Waals surface area (Å²) in [6.45, 7) is -0.527. The molecule has 2 N–H and O–H groups in total. The maximum absolute atomic E-state index is 12.8. The van der Waals surface area contributed by atoms with E-state index in [1.54, 1.807) is 18.2 Å². The fourth-order valence-corrected chi connectivity index (χ4v) is 3.75. The zero-order valence-corrected chi connectivity index (χ0v) is 17.3. The number of carbonyl (C=O) groups is 2. The number of aromatic carboxylic acids is 1. The number of benzene rings is 2. The van der Waals surface area contributed by atoms with Gasteiger partial charge in [0.1, 0.15) is 16.4 Å². The second-order valence-corrected chi connectivity index (χ2v) is 7.98. The third-order valence-corrected chi connectivity index (χ3v) is 5.83. The normalized spacial score (nSPS) is 11.5. The molecule has 0 spiro atoms. The molecule has 2 aromatic rings. The molecular weight excluding hydrogens is 414 g/mol. The molecule has 0 aromatic heterocycles. The monoisotopic (exact) mass is 435 g/mol. The molecule has 0 saturated heterocycles. The Morgan fingerprint density at radius 1 is 1.17 bits per heavy atom. The van der Waals surface area contributed by atoms with Crippen molar-refractivity contribution in [2.75, 3.05) is 27.8 Å². The van der Waals surface area contributed by atoms with Gasteiger partial charge in [0.2, 0.25) is 10.0 Å². The number of hydrazone groups is 1. The molecule has 0 atom stereocenters. The number of nitrogens with zero attached hydrogens (tertiary/aromatic N) is 2. The van der Waals surface area contributed by atoms with Crippen LogP contribution >= 0.6 is 0 Å². The van der Waals surface area contributed by atoms with Crippen molar-refractivity contribution in [3.05, 3.63) is 53.6 Å². The summed E-state index contributed by atoms with van der Waals surface area (Å²) in [5.74, 6) is -1.44. The van der Waals surface area contributed by atoms with Gasteiger partial charge in [0.25, 0.3) is 5.91 Å². The first-order chi connectivity index (χ1) is 14.2. The van der Waals surface area contributed by atoms with E-state index in [9.17, 15) is 18.0 Å². The summed E-state index contributed by atoms with van der Waals surface area (Å²) < 4.78 is 36.7. The molecule has 0 radical (unpaired) electrons. The van der Waals surface area contributed by atoms with Crippen LogP contribution in [-0.2, 0) is 14.8 Å². The van der Waals surface area contributed by atoms with Crippen LogP contribution in [0.4, 0.5) is 0 Å². The van der Waals surface area contributed by atoms with E-state index in [0.29, 0.717) is 5.75 Å². The Morgan fingerprint density at radius 3 is 2.50 bits per heavy atom. The van der Waals surface area contributed by atoms with Gasteiger partial charge >= 0.3 is 5.97 Å². The zero-order valence-electron chi connectivity index (χ0n) is 16.5. The number of carbonyl (C=O) groups excluding carboxylic acids is 1. The Hall–Kier alpha value is -3.44. The van der Waals surface area contributed by atoms with Crippen molar-refractivity contribution in [1.82, 2.24) is 9.73 Å². The number of methoxy groups -OCH3 is 2. The Labute approximate surface area is 173 Å². The van der Waals surface area contributed by atoms with E-state index in [2.05, 4.69) is 10.5 Å². The van der Waals surface area contributed by atoms with E-state index in [-0.39, 0.29) is 21.8 Å². The van der Waals surface area contributed by atoms with Gasteiger partial charge in [0.15, 0.2) is 0 Å². The Kier molecular flexibility index (Phi) is 7.50. The Morgan fingerprint density at radius 2 is 1.87 bits per heavy atom. The summed E-state index contributed by atoms with van der Waals surface area (Å²) in [5, 5.41) is 12.8. The van der Waals surface area contributed by atoms with Crippen molar-refractivity contribution in [1.29, 1.82) is 0 Å². The van der Waals surface area contributed by atoms with E-state index in [1.165, 1.54) is 51.7 Å². The van der Waals surface area contributed by atoms with Gasteiger partial charge in [-0.05, 0) is 18.2 Å². The van der Waals surface area contributed by atoms with Crippen molar-refractivity contribution >= 4 is 28.1 Å². The van der Waals surface area contributed by atoms with Crippen LogP contribution < -0.4 is 14.9 Å². The maximum Gasteiger partial charge on any atom is 0.336 e. The Balaban J connectivity index is 2.11. The number of nitrogens with one attached hydrogen (secondary N) is 1. The topological polar surface area (TPSA) is 135 Å². The van der Waals surface area contributed by atoms with Gasteiger partial charge < -0.3 is 14.6 Å². The highest BCUT2D eigenvalue weighted by Crippen LogP contribution is 2.30. The minimum Gasteiger partial charge on any atom is -0.497 e. The molecule has 1 amide bonds. The lowest BCUT2D eigenvalue weighted by Gasteiger charge is -2.18. The van der Waals surface area contributed by atoms with Crippen LogP contribution in [0, 0.1) is 0 Å². The van der Waals surface area contributed by atoms with Crippen LogP contribution in [0.15, 0.2) is 52.5 Å². The highest BCUT2D eigenvalue weighted by atomic mass is 32.2. The molecule has 0 unspecified atom stereocenters. The lowest BCUT2D eigenvalue weighted by atomic mass is 10.1. The summed E-state index contributed by atoms with van der Waals surface area (Å²) in [4.78, 5) is 23.1. The molecule has 2 aromatic carbocycles. The highest BCUT2D eigenvalue weighted by molar-refractivity contribution is 7.89. The van der Waals surface area contributed by atoms with Crippen LogP contribution in [0.25, 0.3) is 0 Å². The van der Waals surface area contributed by atoms with Crippen molar-refractivity contribution in [2.24, 2.45) is 5.10 Å². The zero-order chi connectivity index (χ0) is 22.3. The van der Waals surface area contributed by atoms with E-state index in [4.69, 9.17) is 14.6 Å². The summed E-state index contributed by atoms with van der Waals surface area (Å²) in [5.41, 5.74) is 2.48. The van der Waals surface area contributed by atoms with Crippen molar-refractivity contribution < 1.29 is 32.6 Å². The van der Waals surface area contributed by atoms with Gasteiger partial charge in [-0.15, -0.1) is 0 Å². The first-order valence-electron chi connectivity index (χ1n) is 8.53. The fraction of sp³-hybridized carbons (Fsp3) is 0.211. The SMILES string of the molecule is COc1ccc(OC)c(S(=O)(=O)N(C)CC(=O)N/N=C\c2ccccc2C(=O)O)c1. The largest absolute Gasteiger partial charge is 0.497 e. The molecule has 0 aliphatic heterocycles. The third kappa shape index (κ3) is 5.33. The summed E-state index contributed by atoms with van der Waals surface area (Å²) >= 11 is 0. The number of hydrogen-bond donors (Lipinski definition) is 2. The number of rotatable bonds is 9. The van der Waals surface area contributed by atoms with E-state index in [1.807, 2.05) is 0 Å². The molecule has 30 heavy (non-hydrogen) atoms. The van der Waals surface area contributed by atoms with Crippen molar-refractivity contribution in [3.63, 3.8) is 0 Å². The quantitative estimate of drug-likeness (QED) is 0.446. The van der Waals surface area contributed by atoms with Crippen LogP contribution in [-0.4, -0.2) is 63.7 Å². The van der Waals surface area contributed by atoms with Gasteiger partial charge in [-0.3, -0.25) is 4.79 Å². The second-order valence-electron chi connectivity index (χ2n) is 5.96. The van der Waals surface area contributed by atoms with Crippen molar-refractivity contribution in [2.45, 2.75) is 4.90 Å². The average Bonchev–Trinajstić information content (AvgIpc) is 2.73. The number of likely N-dealkylation sites (N-methyl/N-ethyl adjacent to an activating group) is 1. The molecule has 10 nitrogen and oxygen atoms in total. The minimum absolute atomic E-state index is 0.0142. The van der Waals surface area contributed by atoms with Gasteiger partial charge in [0.05, 0.1) is 32.5 Å². The first-order valence-corrected chi connectivity index (χ1v) is 9.97. The molecule has 11 heteroatoms. The average molecular weight is 435 g/mol. The van der Waals surface area contributed by atoms with Gasteiger partial charge in [-0.2, -0.15) is 9.41 Å². The predicted octanol–water partition coefficient (Wildman–Crippen LogP) is 1.17. The molecule has 0 aliphatic rings. The summed E-state index contributed by atoms with van der Waals surface area (Å²) in [6.07, 6.45) is 1.17. The van der Waals surface area contributed by atoms with Crippen LogP contribution in [0.3, 0.4) is 0 Å². The predicted molar refractivity (Wildman–Crippen MR) is 108 cm³/mol. The number of carboxylic acid groups (broad SMARTS) is 1. The van der Waals surface area contributed by atoms with Crippen LogP contribution in [0.2, 0.25) is 0 Å². The number of sulfonamides is 1. The number of amides is 1. The number of hydrogen-bond acceptors (Lipinski definition) is 7. The highest BCUT2D eigenvalue weighted by Gasteiger charge is 2.27. The van der Waals surface area contributed by atoms with E-state index in [0.717, 1.165) is 4.31 Å². The first kappa shape index (κ1) is 22.8. The number of ether oxygens (including phenoxy) is 2. The molecule has 0 fully saturated rings. The standard InChI is InChI=1S/C19H21N3O7S/c1-22(30(26,27)17-10-14(28-2)8-9-16(17)29-3)12-18(23)21-20-11-13-6-4-5-7-15(13)19(24)25/h4-11H,12H2,1-3H3,(H,21,23)(H,24,25)/b20-11-. The summed E-state index contributed by atoms with van der Waals surface area (Å²) in [7, 11) is -0.104. The van der Waals surface area contributed by atoms with Crippen LogP contribution in [0.5, 0.6) is 11.5 Å². The van der Waals surface area contributed by atoms with Gasteiger partial charge in [-0.1, -0.05) is 18.2 Å². The van der Waals surface area contributed by atoms with Gasteiger partial charge in [0, 0.05) is 18.7 Å². The Bertz CT molecular complexity index is 1070. The fourth-order valence-electron chi connectivity index (χ4n) is 2.45. The second kappa shape index (κ2) is 9.85. The third-order valence-electron chi connectivity index (χ3n) is 4.01. The number of carboxylic acids is 1. The van der Waals surface area contributed by atoms with Crippen LogP contribution in [0.1, 0.15) is 15.9 Å². The van der Waals surface area contributed by atoms with Crippen molar-refractivity contribution in [3.8, 4) is 11.5 Å². The molecule has 2 rings (SSSR count). The minimum atomic E-state index is -4.07.